The van der Waals surface area contributed by atoms with E-state index in [0.717, 1.165) is 29.4 Å². The SMILES string of the molecule is O=C(CCSC1CCCCC1)n1c2c(c3ccccc31)CCCC2. The summed E-state index contributed by atoms with van der Waals surface area (Å²) in [7, 11) is 0. The van der Waals surface area contributed by atoms with E-state index in [2.05, 4.69) is 28.8 Å². The molecule has 0 bridgehead atoms. The number of carbonyl (C=O) groups is 1. The highest BCUT2D eigenvalue weighted by molar-refractivity contribution is 7.99. The van der Waals surface area contributed by atoms with E-state index in [0.29, 0.717) is 12.3 Å². The zero-order chi connectivity index (χ0) is 16.4. The average Bonchev–Trinajstić information content (AvgIpc) is 2.97. The van der Waals surface area contributed by atoms with Gasteiger partial charge in [-0.15, -0.1) is 0 Å². The Labute approximate surface area is 149 Å². The van der Waals surface area contributed by atoms with Crippen LogP contribution in [0, 0.1) is 0 Å². The summed E-state index contributed by atoms with van der Waals surface area (Å²) in [5, 5.41) is 2.10. The minimum atomic E-state index is 0.303. The van der Waals surface area contributed by atoms with Crippen molar-refractivity contribution in [1.82, 2.24) is 4.57 Å². The summed E-state index contributed by atoms with van der Waals surface area (Å²) in [6.45, 7) is 0. The predicted molar refractivity (Wildman–Crippen MR) is 103 cm³/mol. The van der Waals surface area contributed by atoms with Crippen LogP contribution in [-0.4, -0.2) is 21.5 Å². The standard InChI is InChI=1S/C21H27NOS/c23-21(14-15-24-16-8-2-1-3-9-16)22-19-12-6-4-10-17(19)18-11-5-7-13-20(18)22/h4,6,10,12,16H,1-3,5,7-9,11,13-15H2. The maximum Gasteiger partial charge on any atom is 0.232 e. The number of fused-ring (bicyclic) bond motifs is 3. The van der Waals surface area contributed by atoms with Crippen molar-refractivity contribution < 1.29 is 4.79 Å². The molecule has 0 saturated heterocycles. The van der Waals surface area contributed by atoms with Crippen LogP contribution in [0.4, 0.5) is 0 Å². The number of carbonyl (C=O) groups excluding carboxylic acids is 1. The summed E-state index contributed by atoms with van der Waals surface area (Å²) in [5.74, 6) is 1.28. The first-order valence-electron chi connectivity index (χ1n) is 9.60. The lowest BCUT2D eigenvalue weighted by atomic mass is 9.95. The van der Waals surface area contributed by atoms with Crippen molar-refractivity contribution in [2.45, 2.75) is 69.5 Å². The fourth-order valence-corrected chi connectivity index (χ4v) is 5.73. The molecule has 0 aliphatic heterocycles. The molecule has 1 aromatic heterocycles. The minimum Gasteiger partial charge on any atom is -0.284 e. The number of hydrogen-bond donors (Lipinski definition) is 0. The molecule has 1 fully saturated rings. The summed E-state index contributed by atoms with van der Waals surface area (Å²) in [6.07, 6.45) is 12.2. The molecule has 0 atom stereocenters. The van der Waals surface area contributed by atoms with E-state index in [4.69, 9.17) is 0 Å². The second-order valence-corrected chi connectivity index (χ2v) is 8.67. The van der Waals surface area contributed by atoms with E-state index < -0.39 is 0 Å². The second kappa shape index (κ2) is 7.35. The lowest BCUT2D eigenvalue weighted by molar-refractivity contribution is 0.0912. The number of para-hydroxylation sites is 1. The van der Waals surface area contributed by atoms with Crippen molar-refractivity contribution in [3.63, 3.8) is 0 Å². The molecular weight excluding hydrogens is 314 g/mol. The Balaban J connectivity index is 1.51. The Morgan fingerprint density at radius 2 is 1.83 bits per heavy atom. The second-order valence-electron chi connectivity index (χ2n) is 7.26. The van der Waals surface area contributed by atoms with Gasteiger partial charge in [-0.3, -0.25) is 9.36 Å². The molecule has 0 radical (unpaired) electrons. The highest BCUT2D eigenvalue weighted by Crippen LogP contribution is 2.33. The molecule has 0 N–H and O–H groups in total. The third kappa shape index (κ3) is 3.15. The Morgan fingerprint density at radius 1 is 1.04 bits per heavy atom. The molecule has 0 amide bonds. The Bertz CT molecular complexity index is 727. The van der Waals surface area contributed by atoms with Gasteiger partial charge in [0.15, 0.2) is 0 Å². The molecule has 24 heavy (non-hydrogen) atoms. The first-order chi connectivity index (χ1) is 11.8. The molecule has 2 aromatic rings. The maximum absolute atomic E-state index is 13.0. The molecule has 1 aromatic carbocycles. The van der Waals surface area contributed by atoms with Crippen LogP contribution < -0.4 is 0 Å². The third-order valence-electron chi connectivity index (χ3n) is 5.65. The van der Waals surface area contributed by atoms with Crippen LogP contribution in [-0.2, 0) is 12.8 Å². The Morgan fingerprint density at radius 3 is 2.71 bits per heavy atom. The summed E-state index contributed by atoms with van der Waals surface area (Å²) in [6, 6.07) is 8.49. The van der Waals surface area contributed by atoms with Crippen molar-refractivity contribution >= 4 is 28.6 Å². The minimum absolute atomic E-state index is 0.303. The van der Waals surface area contributed by atoms with Crippen LogP contribution in [0.2, 0.25) is 0 Å². The number of thioether (sulfide) groups is 1. The number of aryl methyl sites for hydroxylation is 1. The van der Waals surface area contributed by atoms with Gasteiger partial charge >= 0.3 is 0 Å². The Hall–Kier alpha value is -1.22. The molecule has 128 valence electrons. The lowest BCUT2D eigenvalue weighted by Crippen LogP contribution is -2.17. The van der Waals surface area contributed by atoms with E-state index in [1.165, 1.54) is 61.6 Å². The Kier molecular flexibility index (Phi) is 4.98. The fraction of sp³-hybridized carbons (Fsp3) is 0.571. The highest BCUT2D eigenvalue weighted by atomic mass is 32.2. The van der Waals surface area contributed by atoms with Crippen LogP contribution >= 0.6 is 11.8 Å². The predicted octanol–water partition coefficient (Wildman–Crippen LogP) is 5.62. The van der Waals surface area contributed by atoms with Gasteiger partial charge in [-0.25, -0.2) is 0 Å². The molecule has 2 aliphatic carbocycles. The van der Waals surface area contributed by atoms with Crippen LogP contribution in [0.5, 0.6) is 0 Å². The highest BCUT2D eigenvalue weighted by Gasteiger charge is 2.23. The summed E-state index contributed by atoms with van der Waals surface area (Å²) in [4.78, 5) is 13.0. The maximum atomic E-state index is 13.0. The number of hydrogen-bond acceptors (Lipinski definition) is 2. The van der Waals surface area contributed by atoms with E-state index in [9.17, 15) is 4.79 Å². The van der Waals surface area contributed by atoms with Crippen LogP contribution in [0.3, 0.4) is 0 Å². The zero-order valence-electron chi connectivity index (χ0n) is 14.4. The third-order valence-corrected chi connectivity index (χ3v) is 7.03. The zero-order valence-corrected chi connectivity index (χ0v) is 15.2. The largest absolute Gasteiger partial charge is 0.284 e. The van der Waals surface area contributed by atoms with Crippen LogP contribution in [0.1, 0.15) is 67.4 Å². The van der Waals surface area contributed by atoms with Crippen molar-refractivity contribution in [2.24, 2.45) is 0 Å². The molecule has 0 spiro atoms. The van der Waals surface area contributed by atoms with E-state index >= 15 is 0 Å². The molecule has 1 saturated carbocycles. The number of benzene rings is 1. The van der Waals surface area contributed by atoms with Gasteiger partial charge < -0.3 is 0 Å². The molecule has 2 aliphatic rings. The first-order valence-corrected chi connectivity index (χ1v) is 10.7. The van der Waals surface area contributed by atoms with Gasteiger partial charge in [0.1, 0.15) is 0 Å². The van der Waals surface area contributed by atoms with Gasteiger partial charge in [-0.2, -0.15) is 11.8 Å². The van der Waals surface area contributed by atoms with E-state index in [1.807, 2.05) is 11.8 Å². The summed E-state index contributed by atoms with van der Waals surface area (Å²) in [5.41, 5.74) is 3.87. The van der Waals surface area contributed by atoms with Gasteiger partial charge in [0, 0.05) is 28.5 Å². The van der Waals surface area contributed by atoms with E-state index in [1.54, 1.807) is 0 Å². The lowest BCUT2D eigenvalue weighted by Gasteiger charge is -2.21. The number of nitrogens with zero attached hydrogens (tertiary/aromatic N) is 1. The molecular formula is C21H27NOS. The normalized spacial score (nSPS) is 18.7. The van der Waals surface area contributed by atoms with Crippen molar-refractivity contribution in [3.8, 4) is 0 Å². The molecule has 4 rings (SSSR count). The first kappa shape index (κ1) is 16.3. The van der Waals surface area contributed by atoms with E-state index in [-0.39, 0.29) is 0 Å². The monoisotopic (exact) mass is 341 g/mol. The van der Waals surface area contributed by atoms with Gasteiger partial charge in [-0.05, 0) is 50.2 Å². The van der Waals surface area contributed by atoms with Gasteiger partial charge in [0.05, 0.1) is 5.52 Å². The average molecular weight is 342 g/mol. The number of rotatable bonds is 4. The van der Waals surface area contributed by atoms with Crippen molar-refractivity contribution in [1.29, 1.82) is 0 Å². The smallest absolute Gasteiger partial charge is 0.232 e. The fourth-order valence-electron chi connectivity index (χ4n) is 4.44. The van der Waals surface area contributed by atoms with Crippen LogP contribution in [0.25, 0.3) is 10.9 Å². The number of aromatic nitrogens is 1. The topological polar surface area (TPSA) is 22.0 Å². The molecule has 2 nitrogen and oxygen atoms in total. The molecule has 3 heteroatoms. The van der Waals surface area contributed by atoms with Crippen molar-refractivity contribution in [3.05, 3.63) is 35.5 Å². The quantitative estimate of drug-likeness (QED) is 0.720. The van der Waals surface area contributed by atoms with Crippen molar-refractivity contribution in [2.75, 3.05) is 5.75 Å². The molecule has 0 unspecified atom stereocenters. The summed E-state index contributed by atoms with van der Waals surface area (Å²) < 4.78 is 2.06. The van der Waals surface area contributed by atoms with Gasteiger partial charge in [0.2, 0.25) is 5.91 Å². The molecule has 1 heterocycles. The summed E-state index contributed by atoms with van der Waals surface area (Å²) >= 11 is 2.03. The van der Waals surface area contributed by atoms with Crippen LogP contribution in [0.15, 0.2) is 24.3 Å². The van der Waals surface area contributed by atoms with Gasteiger partial charge in [-0.1, -0.05) is 37.5 Å². The van der Waals surface area contributed by atoms with Gasteiger partial charge in [0.25, 0.3) is 0 Å².